The maximum Gasteiger partial charge on any atom is 0.222 e. The van der Waals surface area contributed by atoms with E-state index >= 15 is 0 Å². The summed E-state index contributed by atoms with van der Waals surface area (Å²) in [6.45, 7) is 1.76. The lowest BCUT2D eigenvalue weighted by Gasteiger charge is -2.27. The second-order valence-electron chi connectivity index (χ2n) is 4.19. The highest BCUT2D eigenvalue weighted by molar-refractivity contribution is 9.11. The zero-order chi connectivity index (χ0) is 14.9. The molecule has 1 aliphatic rings. The van der Waals surface area contributed by atoms with Crippen LogP contribution in [0.2, 0.25) is 0 Å². The van der Waals surface area contributed by atoms with Crippen molar-refractivity contribution < 1.29 is 4.74 Å². The zero-order valence-electron chi connectivity index (χ0n) is 11.0. The summed E-state index contributed by atoms with van der Waals surface area (Å²) in [7, 11) is 1.60. The van der Waals surface area contributed by atoms with Gasteiger partial charge in [-0.05, 0) is 35.0 Å². The van der Waals surface area contributed by atoms with E-state index in [-0.39, 0.29) is 11.8 Å². The lowest BCUT2D eigenvalue weighted by atomic mass is 9.87. The molecule has 1 unspecified atom stereocenters. The summed E-state index contributed by atoms with van der Waals surface area (Å²) in [5, 5.41) is 9.38. The summed E-state index contributed by atoms with van der Waals surface area (Å²) < 4.78 is 6.38. The van der Waals surface area contributed by atoms with Crippen molar-refractivity contribution in [3.63, 3.8) is 0 Å². The predicted octanol–water partition coefficient (Wildman–Crippen LogP) is 2.58. The second kappa shape index (κ2) is 5.69. The van der Waals surface area contributed by atoms with Crippen LogP contribution < -0.4 is 11.5 Å². The molecule has 1 aliphatic heterocycles. The van der Waals surface area contributed by atoms with Gasteiger partial charge >= 0.3 is 0 Å². The van der Waals surface area contributed by atoms with Crippen LogP contribution in [0.3, 0.4) is 0 Å². The minimum absolute atomic E-state index is 0.0765. The number of hydrogen-bond acceptors (Lipinski definition) is 6. The Morgan fingerprint density at radius 1 is 1.55 bits per heavy atom. The van der Waals surface area contributed by atoms with Gasteiger partial charge in [0.15, 0.2) is 0 Å². The Morgan fingerprint density at radius 2 is 2.25 bits per heavy atom. The first-order chi connectivity index (χ1) is 9.49. The van der Waals surface area contributed by atoms with Gasteiger partial charge in [-0.1, -0.05) is 0 Å². The van der Waals surface area contributed by atoms with Crippen molar-refractivity contribution in [3.05, 3.63) is 43.5 Å². The largest absolute Gasteiger partial charge is 0.422 e. The summed E-state index contributed by atoms with van der Waals surface area (Å²) in [6.07, 6.45) is 0. The van der Waals surface area contributed by atoms with Crippen LogP contribution in [0.15, 0.2) is 43.6 Å². The Hall–Kier alpha value is -1.78. The number of aliphatic imine (C=N–C) groups is 1. The Bertz CT molecular complexity index is 677. The van der Waals surface area contributed by atoms with Gasteiger partial charge in [0.05, 0.1) is 9.70 Å². The molecule has 5 nitrogen and oxygen atoms in total. The highest BCUT2D eigenvalue weighted by Gasteiger charge is 2.35. The molecule has 0 aromatic carbocycles. The van der Waals surface area contributed by atoms with Crippen molar-refractivity contribution >= 4 is 33.2 Å². The summed E-state index contributed by atoms with van der Waals surface area (Å²) in [6, 6.07) is 5.98. The van der Waals surface area contributed by atoms with Gasteiger partial charge in [-0.3, -0.25) is 4.99 Å². The van der Waals surface area contributed by atoms with E-state index in [1.54, 1.807) is 14.0 Å². The molecule has 0 aliphatic carbocycles. The molecule has 1 aromatic heterocycles. The molecular weight excluding hydrogens is 340 g/mol. The first-order valence-corrected chi connectivity index (χ1v) is 7.36. The predicted molar refractivity (Wildman–Crippen MR) is 82.9 cm³/mol. The second-order valence-corrected chi connectivity index (χ2v) is 6.69. The van der Waals surface area contributed by atoms with E-state index in [9.17, 15) is 5.26 Å². The van der Waals surface area contributed by atoms with E-state index in [0.29, 0.717) is 22.7 Å². The van der Waals surface area contributed by atoms with Crippen LogP contribution in [0.1, 0.15) is 17.7 Å². The van der Waals surface area contributed by atoms with Crippen LogP contribution in [0, 0.1) is 11.3 Å². The average molecular weight is 353 g/mol. The van der Waals surface area contributed by atoms with Gasteiger partial charge in [-0.2, -0.15) is 5.26 Å². The smallest absolute Gasteiger partial charge is 0.222 e. The van der Waals surface area contributed by atoms with Crippen LogP contribution in [0.25, 0.3) is 0 Å². The van der Waals surface area contributed by atoms with Crippen LogP contribution in [-0.2, 0) is 4.74 Å². The first kappa shape index (κ1) is 14.6. The van der Waals surface area contributed by atoms with Crippen molar-refractivity contribution in [3.8, 4) is 6.07 Å². The average Bonchev–Trinajstić information content (AvgIpc) is 2.83. The van der Waals surface area contributed by atoms with Crippen molar-refractivity contribution in [1.82, 2.24) is 0 Å². The molecule has 2 heterocycles. The summed E-state index contributed by atoms with van der Waals surface area (Å²) >= 11 is 4.95. The third kappa shape index (κ3) is 2.44. The van der Waals surface area contributed by atoms with E-state index in [1.165, 1.54) is 11.3 Å². The molecule has 0 spiro atoms. The standard InChI is InChI=1S/C13H13BrN4OS/c1-6(16)10-11(8-3-4-9(14)20-8)7(5-15)12(17)19-13(10)18-2/h3-4,11H,16-17H2,1-2H3. The molecule has 0 amide bonds. The van der Waals surface area contributed by atoms with Gasteiger partial charge in [0.1, 0.15) is 11.6 Å². The van der Waals surface area contributed by atoms with Crippen LogP contribution in [0.5, 0.6) is 0 Å². The summed E-state index contributed by atoms with van der Waals surface area (Å²) in [5.74, 6) is 0.0948. The number of thiophene rings is 1. The quantitative estimate of drug-likeness (QED) is 0.811. The SMILES string of the molecule is CN=C1OC(N)=C(C#N)C(c2ccc(Br)s2)C1=C(C)N. The number of hydrogen-bond donors (Lipinski definition) is 2. The van der Waals surface area contributed by atoms with Gasteiger partial charge in [-0.15, -0.1) is 11.3 Å². The fourth-order valence-corrected chi connectivity index (χ4v) is 3.62. The van der Waals surface area contributed by atoms with E-state index in [4.69, 9.17) is 16.2 Å². The van der Waals surface area contributed by atoms with Crippen LogP contribution >= 0.6 is 27.3 Å². The monoisotopic (exact) mass is 352 g/mol. The Labute approximate surface area is 129 Å². The molecule has 0 bridgehead atoms. The van der Waals surface area contributed by atoms with Gasteiger partial charge in [-0.25, -0.2) is 0 Å². The molecule has 1 atom stereocenters. The van der Waals surface area contributed by atoms with Crippen molar-refractivity contribution in [2.24, 2.45) is 16.5 Å². The molecule has 4 N–H and O–H groups in total. The summed E-state index contributed by atoms with van der Waals surface area (Å²) in [4.78, 5) is 5.04. The zero-order valence-corrected chi connectivity index (χ0v) is 13.4. The van der Waals surface area contributed by atoms with Gasteiger partial charge in [0.25, 0.3) is 0 Å². The fraction of sp³-hybridized carbons (Fsp3) is 0.231. The van der Waals surface area contributed by atoms with Gasteiger partial charge in [0.2, 0.25) is 11.8 Å². The van der Waals surface area contributed by atoms with Crippen molar-refractivity contribution in [1.29, 1.82) is 5.26 Å². The fourth-order valence-electron chi connectivity index (χ4n) is 2.07. The van der Waals surface area contributed by atoms with E-state index in [1.807, 2.05) is 12.1 Å². The first-order valence-electron chi connectivity index (χ1n) is 5.75. The number of nitriles is 1. The maximum absolute atomic E-state index is 9.38. The number of rotatable bonds is 1. The maximum atomic E-state index is 9.38. The lowest BCUT2D eigenvalue weighted by Crippen LogP contribution is -2.28. The molecule has 1 aromatic rings. The van der Waals surface area contributed by atoms with Crippen molar-refractivity contribution in [2.75, 3.05) is 7.05 Å². The number of allylic oxidation sites excluding steroid dienone is 2. The van der Waals surface area contributed by atoms with E-state index < -0.39 is 0 Å². The molecular formula is C13H13BrN4OS. The number of nitrogens with zero attached hydrogens (tertiary/aromatic N) is 2. The topological polar surface area (TPSA) is 97.4 Å². The third-order valence-electron chi connectivity index (χ3n) is 2.91. The number of ether oxygens (including phenoxy) is 1. The Kier molecular flexibility index (Phi) is 4.16. The lowest BCUT2D eigenvalue weighted by molar-refractivity contribution is 0.386. The van der Waals surface area contributed by atoms with Crippen LogP contribution in [-0.4, -0.2) is 12.9 Å². The molecule has 20 heavy (non-hydrogen) atoms. The molecule has 0 saturated carbocycles. The minimum Gasteiger partial charge on any atom is -0.422 e. The molecule has 0 saturated heterocycles. The third-order valence-corrected chi connectivity index (χ3v) is 4.60. The van der Waals surface area contributed by atoms with Gasteiger partial charge in [0, 0.05) is 23.2 Å². The van der Waals surface area contributed by atoms with Gasteiger partial charge < -0.3 is 16.2 Å². The molecule has 7 heteroatoms. The molecule has 0 fully saturated rings. The summed E-state index contributed by atoms with van der Waals surface area (Å²) in [5.41, 5.74) is 13.4. The molecule has 2 rings (SSSR count). The number of halogens is 1. The van der Waals surface area contributed by atoms with E-state index in [0.717, 1.165) is 8.66 Å². The van der Waals surface area contributed by atoms with Crippen molar-refractivity contribution in [2.45, 2.75) is 12.8 Å². The Morgan fingerprint density at radius 3 is 2.70 bits per heavy atom. The highest BCUT2D eigenvalue weighted by atomic mass is 79.9. The normalized spacial score (nSPS) is 23.5. The molecule has 104 valence electrons. The number of nitrogens with two attached hydrogens (primary N) is 2. The van der Waals surface area contributed by atoms with E-state index in [2.05, 4.69) is 27.0 Å². The Balaban J connectivity index is 2.72. The minimum atomic E-state index is -0.339. The highest BCUT2D eigenvalue weighted by Crippen LogP contribution is 2.42. The molecule has 0 radical (unpaired) electrons. The van der Waals surface area contributed by atoms with Crippen LogP contribution in [0.4, 0.5) is 0 Å².